The normalized spacial score (nSPS) is 12.4. The second kappa shape index (κ2) is 4.98. The maximum atomic E-state index is 11.5. The first-order valence-electron chi connectivity index (χ1n) is 5.93. The highest BCUT2D eigenvalue weighted by Gasteiger charge is 2.18. The van der Waals surface area contributed by atoms with Gasteiger partial charge in [-0.15, -0.1) is 0 Å². The quantitative estimate of drug-likeness (QED) is 0.748. The maximum absolute atomic E-state index is 11.5. The molecule has 0 unspecified atom stereocenters. The Morgan fingerprint density at radius 1 is 1.20 bits per heavy atom. The minimum absolute atomic E-state index is 0.321. The molecule has 1 aliphatic rings. The van der Waals surface area contributed by atoms with Crippen LogP contribution in [0.25, 0.3) is 0 Å². The molecule has 3 rings (SSSR count). The molecule has 2 aromatic rings. The SMILES string of the molecule is COC(=O)c1ccc2c(c1)N=C(Cl)c1ccccc1O2. The number of hydrogen-bond acceptors (Lipinski definition) is 4. The monoisotopic (exact) mass is 287 g/mol. The topological polar surface area (TPSA) is 47.9 Å². The second-order valence-corrected chi connectivity index (χ2v) is 4.53. The van der Waals surface area contributed by atoms with E-state index in [4.69, 9.17) is 16.3 Å². The average Bonchev–Trinajstić information content (AvgIpc) is 2.62. The van der Waals surface area contributed by atoms with Crippen molar-refractivity contribution in [3.05, 3.63) is 53.6 Å². The lowest BCUT2D eigenvalue weighted by Crippen LogP contribution is -2.00. The first-order valence-corrected chi connectivity index (χ1v) is 6.30. The van der Waals surface area contributed by atoms with Crippen molar-refractivity contribution < 1.29 is 14.3 Å². The van der Waals surface area contributed by atoms with E-state index in [9.17, 15) is 4.79 Å². The predicted molar refractivity (Wildman–Crippen MR) is 76.3 cm³/mol. The van der Waals surface area contributed by atoms with Crippen LogP contribution in [-0.4, -0.2) is 18.2 Å². The van der Waals surface area contributed by atoms with Gasteiger partial charge in [0.1, 0.15) is 16.6 Å². The Labute approximate surface area is 120 Å². The van der Waals surface area contributed by atoms with Gasteiger partial charge in [0, 0.05) is 0 Å². The zero-order valence-electron chi connectivity index (χ0n) is 10.6. The van der Waals surface area contributed by atoms with Gasteiger partial charge in [-0.05, 0) is 30.3 Å². The minimum atomic E-state index is -0.430. The molecule has 2 aromatic carbocycles. The summed E-state index contributed by atoms with van der Waals surface area (Å²) < 4.78 is 10.5. The third-order valence-corrected chi connectivity index (χ3v) is 3.22. The van der Waals surface area contributed by atoms with E-state index >= 15 is 0 Å². The van der Waals surface area contributed by atoms with Gasteiger partial charge < -0.3 is 9.47 Å². The van der Waals surface area contributed by atoms with Gasteiger partial charge in [0.05, 0.1) is 18.2 Å². The molecule has 100 valence electrons. The molecule has 0 aromatic heterocycles. The molecule has 20 heavy (non-hydrogen) atoms. The Kier molecular flexibility index (Phi) is 3.16. The van der Waals surface area contributed by atoms with E-state index in [1.807, 2.05) is 24.3 Å². The van der Waals surface area contributed by atoms with Crippen molar-refractivity contribution in [3.63, 3.8) is 0 Å². The lowest BCUT2D eigenvalue weighted by Gasteiger charge is -2.08. The second-order valence-electron chi connectivity index (χ2n) is 4.17. The summed E-state index contributed by atoms with van der Waals surface area (Å²) >= 11 is 6.20. The average molecular weight is 288 g/mol. The van der Waals surface area contributed by atoms with Crippen LogP contribution in [0.3, 0.4) is 0 Å². The van der Waals surface area contributed by atoms with E-state index in [1.165, 1.54) is 7.11 Å². The first-order chi connectivity index (χ1) is 9.69. The molecule has 0 N–H and O–H groups in total. The summed E-state index contributed by atoms with van der Waals surface area (Å²) in [5, 5.41) is 0.321. The van der Waals surface area contributed by atoms with Gasteiger partial charge in [-0.25, -0.2) is 9.79 Å². The van der Waals surface area contributed by atoms with Crippen LogP contribution in [0.5, 0.6) is 11.5 Å². The molecule has 0 radical (unpaired) electrons. The van der Waals surface area contributed by atoms with Crippen molar-refractivity contribution in [1.82, 2.24) is 0 Å². The number of rotatable bonds is 1. The Morgan fingerprint density at radius 3 is 2.80 bits per heavy atom. The van der Waals surface area contributed by atoms with Gasteiger partial charge in [-0.2, -0.15) is 0 Å². The Bertz CT molecular complexity index is 725. The number of methoxy groups -OCH3 is 1. The summed E-state index contributed by atoms with van der Waals surface area (Å²) in [4.78, 5) is 15.8. The van der Waals surface area contributed by atoms with Crippen molar-refractivity contribution in [1.29, 1.82) is 0 Å². The van der Waals surface area contributed by atoms with Crippen LogP contribution in [0, 0.1) is 0 Å². The highest BCUT2D eigenvalue weighted by Crippen LogP contribution is 2.38. The molecule has 0 saturated heterocycles. The Balaban J connectivity index is 2.13. The molecule has 4 nitrogen and oxygen atoms in total. The third kappa shape index (κ3) is 2.14. The van der Waals surface area contributed by atoms with Crippen LogP contribution in [0.1, 0.15) is 15.9 Å². The molecule has 0 fully saturated rings. The highest BCUT2D eigenvalue weighted by atomic mass is 35.5. The van der Waals surface area contributed by atoms with E-state index in [1.54, 1.807) is 18.2 Å². The number of hydrogen-bond donors (Lipinski definition) is 0. The van der Waals surface area contributed by atoms with E-state index < -0.39 is 5.97 Å². The maximum Gasteiger partial charge on any atom is 0.337 e. The fourth-order valence-electron chi connectivity index (χ4n) is 1.95. The number of ether oxygens (including phenoxy) is 2. The number of para-hydroxylation sites is 1. The van der Waals surface area contributed by atoms with Gasteiger partial charge in [0.25, 0.3) is 0 Å². The van der Waals surface area contributed by atoms with E-state index in [2.05, 4.69) is 9.73 Å². The Hall–Kier alpha value is -2.33. The molecule has 1 heterocycles. The number of carbonyl (C=O) groups is 1. The molecule has 0 saturated carbocycles. The minimum Gasteiger partial charge on any atom is -0.465 e. The van der Waals surface area contributed by atoms with Crippen LogP contribution in [0.2, 0.25) is 0 Å². The van der Waals surface area contributed by atoms with Crippen LogP contribution in [0.15, 0.2) is 47.5 Å². The fraction of sp³-hybridized carbons (Fsp3) is 0.0667. The fourth-order valence-corrected chi connectivity index (χ4v) is 2.19. The molecule has 0 amide bonds. The summed E-state index contributed by atoms with van der Waals surface area (Å²) in [6.45, 7) is 0. The van der Waals surface area contributed by atoms with E-state index in [0.717, 1.165) is 0 Å². The molecular formula is C15H10ClNO3. The molecule has 0 bridgehead atoms. The summed E-state index contributed by atoms with van der Waals surface area (Å²) in [6.07, 6.45) is 0. The lowest BCUT2D eigenvalue weighted by molar-refractivity contribution is 0.0601. The zero-order chi connectivity index (χ0) is 14.1. The molecule has 0 atom stereocenters. The first kappa shape index (κ1) is 12.7. The van der Waals surface area contributed by atoms with Gasteiger partial charge >= 0.3 is 5.97 Å². The summed E-state index contributed by atoms with van der Waals surface area (Å²) in [5.41, 5.74) is 1.60. The standard InChI is InChI=1S/C15H10ClNO3/c1-19-15(18)9-6-7-13-11(8-9)17-14(16)10-4-2-3-5-12(10)20-13/h2-8H,1H3. The highest BCUT2D eigenvalue weighted by molar-refractivity contribution is 6.70. The number of nitrogens with zero attached hydrogens (tertiary/aromatic N) is 1. The smallest absolute Gasteiger partial charge is 0.337 e. The number of fused-ring (bicyclic) bond motifs is 2. The summed E-state index contributed by atoms with van der Waals surface area (Å²) in [6, 6.07) is 12.3. The molecule has 5 heteroatoms. The van der Waals surface area contributed by atoms with Crippen molar-refractivity contribution in [2.45, 2.75) is 0 Å². The molecular weight excluding hydrogens is 278 g/mol. The van der Waals surface area contributed by atoms with E-state index in [0.29, 0.717) is 33.5 Å². The van der Waals surface area contributed by atoms with Crippen molar-refractivity contribution in [3.8, 4) is 11.5 Å². The number of esters is 1. The van der Waals surface area contributed by atoms with E-state index in [-0.39, 0.29) is 0 Å². The van der Waals surface area contributed by atoms with Gasteiger partial charge in [0.2, 0.25) is 0 Å². The predicted octanol–water partition coefficient (Wildman–Crippen LogP) is 3.90. The summed E-state index contributed by atoms with van der Waals surface area (Å²) in [5.74, 6) is 0.743. The van der Waals surface area contributed by atoms with Crippen molar-refractivity contribution in [2.75, 3.05) is 7.11 Å². The number of aliphatic imine (C=N–C) groups is 1. The number of benzene rings is 2. The largest absolute Gasteiger partial charge is 0.465 e. The van der Waals surface area contributed by atoms with Crippen LogP contribution in [-0.2, 0) is 4.74 Å². The van der Waals surface area contributed by atoms with Gasteiger partial charge in [-0.3, -0.25) is 0 Å². The number of halogens is 1. The van der Waals surface area contributed by atoms with Crippen LogP contribution >= 0.6 is 11.6 Å². The number of carbonyl (C=O) groups excluding carboxylic acids is 1. The summed E-state index contributed by atoms with van der Waals surface area (Å²) in [7, 11) is 1.33. The Morgan fingerprint density at radius 2 is 2.00 bits per heavy atom. The van der Waals surface area contributed by atoms with Crippen molar-refractivity contribution in [2.24, 2.45) is 4.99 Å². The molecule has 0 aliphatic carbocycles. The van der Waals surface area contributed by atoms with Crippen molar-refractivity contribution >= 4 is 28.4 Å². The van der Waals surface area contributed by atoms with Gasteiger partial charge in [0.15, 0.2) is 5.75 Å². The molecule has 1 aliphatic heterocycles. The van der Waals surface area contributed by atoms with Crippen LogP contribution < -0.4 is 4.74 Å². The zero-order valence-corrected chi connectivity index (χ0v) is 11.3. The van der Waals surface area contributed by atoms with Gasteiger partial charge in [-0.1, -0.05) is 23.7 Å². The lowest BCUT2D eigenvalue weighted by atomic mass is 10.2. The third-order valence-electron chi connectivity index (χ3n) is 2.93. The van der Waals surface area contributed by atoms with Crippen LogP contribution in [0.4, 0.5) is 5.69 Å². The molecule has 0 spiro atoms.